The maximum absolute atomic E-state index is 12.8. The molecule has 108 valence electrons. The predicted octanol–water partition coefficient (Wildman–Crippen LogP) is 3.84. The van der Waals surface area contributed by atoms with Gasteiger partial charge in [0.25, 0.3) is 5.91 Å². The first kappa shape index (κ1) is 12.4. The second-order valence-corrected chi connectivity index (χ2v) is 6.93. The lowest BCUT2D eigenvalue weighted by atomic mass is 9.96. The van der Waals surface area contributed by atoms with Gasteiger partial charge in [-0.15, -0.1) is 11.8 Å². The summed E-state index contributed by atoms with van der Waals surface area (Å²) < 4.78 is 5.76. The van der Waals surface area contributed by atoms with Crippen molar-refractivity contribution in [1.82, 2.24) is 4.90 Å². The van der Waals surface area contributed by atoms with E-state index in [9.17, 15) is 4.79 Å². The van der Waals surface area contributed by atoms with Crippen molar-refractivity contribution in [3.63, 3.8) is 0 Å². The van der Waals surface area contributed by atoms with Crippen LogP contribution in [0.25, 0.3) is 11.0 Å². The number of thioether (sulfide) groups is 1. The molecule has 0 spiro atoms. The van der Waals surface area contributed by atoms with Crippen LogP contribution in [0.1, 0.15) is 21.5 Å². The summed E-state index contributed by atoms with van der Waals surface area (Å²) in [6.07, 6.45) is 1.82. The van der Waals surface area contributed by atoms with E-state index >= 15 is 0 Å². The van der Waals surface area contributed by atoms with Gasteiger partial charge in [-0.05, 0) is 12.1 Å². The molecule has 0 aliphatic carbocycles. The molecule has 2 aromatic carbocycles. The zero-order valence-electron chi connectivity index (χ0n) is 11.8. The van der Waals surface area contributed by atoms with Gasteiger partial charge in [-0.1, -0.05) is 36.4 Å². The smallest absolute Gasteiger partial charge is 0.255 e. The van der Waals surface area contributed by atoms with E-state index in [-0.39, 0.29) is 5.91 Å². The lowest BCUT2D eigenvalue weighted by molar-refractivity contribution is 0.0753. The molecular weight excluding hydrogens is 294 g/mol. The summed E-state index contributed by atoms with van der Waals surface area (Å²) in [6, 6.07) is 16.0. The Morgan fingerprint density at radius 2 is 1.86 bits per heavy atom. The molecule has 4 heteroatoms. The summed E-state index contributed by atoms with van der Waals surface area (Å²) in [5, 5.41) is 1.09. The van der Waals surface area contributed by atoms with Crippen LogP contribution in [0.3, 0.4) is 0 Å². The number of amides is 1. The number of furan rings is 1. The summed E-state index contributed by atoms with van der Waals surface area (Å²) in [7, 11) is 0. The van der Waals surface area contributed by atoms with E-state index < -0.39 is 4.87 Å². The molecule has 1 fully saturated rings. The van der Waals surface area contributed by atoms with Crippen LogP contribution in [-0.2, 0) is 4.87 Å². The second-order valence-electron chi connectivity index (χ2n) is 5.64. The highest BCUT2D eigenvalue weighted by Gasteiger charge is 2.55. The average Bonchev–Trinajstić information content (AvgIpc) is 3.23. The fourth-order valence-corrected chi connectivity index (χ4v) is 5.25. The molecule has 3 nitrogen and oxygen atoms in total. The van der Waals surface area contributed by atoms with E-state index in [0.29, 0.717) is 0 Å². The molecule has 2 aliphatic rings. The van der Waals surface area contributed by atoms with Gasteiger partial charge in [0.2, 0.25) is 0 Å². The molecular formula is C18H13NO2S. The maximum Gasteiger partial charge on any atom is 0.255 e. The Hall–Kier alpha value is -2.20. The van der Waals surface area contributed by atoms with Crippen molar-refractivity contribution in [3.05, 3.63) is 71.5 Å². The molecule has 1 amide bonds. The molecule has 1 unspecified atom stereocenters. The highest BCUT2D eigenvalue weighted by molar-refractivity contribution is 8.00. The topological polar surface area (TPSA) is 33.5 Å². The molecule has 5 rings (SSSR count). The predicted molar refractivity (Wildman–Crippen MR) is 86.9 cm³/mol. The molecule has 3 aromatic rings. The van der Waals surface area contributed by atoms with E-state index in [2.05, 4.69) is 12.1 Å². The first-order valence-electron chi connectivity index (χ1n) is 7.34. The van der Waals surface area contributed by atoms with Crippen molar-refractivity contribution in [2.75, 3.05) is 12.3 Å². The number of carbonyl (C=O) groups is 1. The van der Waals surface area contributed by atoms with Crippen LogP contribution < -0.4 is 0 Å². The van der Waals surface area contributed by atoms with Gasteiger partial charge in [-0.3, -0.25) is 4.79 Å². The first-order chi connectivity index (χ1) is 10.8. The normalized spacial score (nSPS) is 23.1. The van der Waals surface area contributed by atoms with Gasteiger partial charge in [-0.25, -0.2) is 0 Å². The van der Waals surface area contributed by atoms with Crippen LogP contribution in [-0.4, -0.2) is 23.1 Å². The van der Waals surface area contributed by atoms with Crippen LogP contribution in [0.15, 0.2) is 59.2 Å². The Balaban J connectivity index is 1.87. The number of nitrogens with zero attached hydrogens (tertiary/aromatic N) is 1. The molecule has 22 heavy (non-hydrogen) atoms. The van der Waals surface area contributed by atoms with Gasteiger partial charge in [0.15, 0.2) is 0 Å². The van der Waals surface area contributed by atoms with Crippen molar-refractivity contribution in [1.29, 1.82) is 0 Å². The number of rotatable bonds is 1. The SMILES string of the molecule is O=C1c2ccccc2C2(c3coc4ccccc34)SCCN12. The number of fused-ring (bicyclic) bond motifs is 4. The molecule has 1 saturated heterocycles. The Bertz CT molecular complexity index is 916. The molecule has 0 saturated carbocycles. The van der Waals surface area contributed by atoms with Crippen LogP contribution in [0.2, 0.25) is 0 Å². The summed E-state index contributed by atoms with van der Waals surface area (Å²) in [5.41, 5.74) is 3.87. The average molecular weight is 307 g/mol. The van der Waals surface area contributed by atoms with Crippen molar-refractivity contribution >= 4 is 28.6 Å². The van der Waals surface area contributed by atoms with Crippen molar-refractivity contribution in [3.8, 4) is 0 Å². The van der Waals surface area contributed by atoms with Gasteiger partial charge in [0.1, 0.15) is 10.5 Å². The first-order valence-corrected chi connectivity index (χ1v) is 8.33. The van der Waals surface area contributed by atoms with Gasteiger partial charge in [0, 0.05) is 34.4 Å². The quantitative estimate of drug-likeness (QED) is 0.685. The van der Waals surface area contributed by atoms with E-state index in [4.69, 9.17) is 4.42 Å². The van der Waals surface area contributed by atoms with Crippen LogP contribution >= 0.6 is 11.8 Å². The summed E-state index contributed by atoms with van der Waals surface area (Å²) in [6.45, 7) is 0.775. The Kier molecular flexibility index (Phi) is 2.34. The van der Waals surface area contributed by atoms with Gasteiger partial charge >= 0.3 is 0 Å². The Labute approximate surface area is 131 Å². The minimum absolute atomic E-state index is 0.130. The number of benzene rings is 2. The Morgan fingerprint density at radius 1 is 1.05 bits per heavy atom. The number of hydrogen-bond acceptors (Lipinski definition) is 3. The van der Waals surface area contributed by atoms with Gasteiger partial charge < -0.3 is 9.32 Å². The van der Waals surface area contributed by atoms with E-state index in [0.717, 1.165) is 40.0 Å². The molecule has 1 aromatic heterocycles. The maximum atomic E-state index is 12.8. The summed E-state index contributed by atoms with van der Waals surface area (Å²) in [5.74, 6) is 1.07. The fourth-order valence-electron chi connectivity index (χ4n) is 3.71. The standard InChI is InChI=1S/C18H13NO2S/c20-17-13-6-1-3-7-14(13)18(19(17)9-10-22-18)15-11-21-16-8-4-2-5-12(15)16/h1-8,11H,9-10H2. The van der Waals surface area contributed by atoms with Crippen LogP contribution in [0.4, 0.5) is 0 Å². The number of para-hydroxylation sites is 1. The van der Waals surface area contributed by atoms with Crippen molar-refractivity contribution in [2.24, 2.45) is 0 Å². The van der Waals surface area contributed by atoms with E-state index in [1.165, 1.54) is 0 Å². The molecule has 3 heterocycles. The van der Waals surface area contributed by atoms with Crippen molar-refractivity contribution in [2.45, 2.75) is 4.87 Å². The van der Waals surface area contributed by atoms with E-state index in [1.54, 1.807) is 0 Å². The monoisotopic (exact) mass is 307 g/mol. The lowest BCUT2D eigenvalue weighted by Gasteiger charge is -2.31. The molecule has 0 radical (unpaired) electrons. The van der Waals surface area contributed by atoms with Crippen LogP contribution in [0.5, 0.6) is 0 Å². The zero-order chi connectivity index (χ0) is 14.7. The largest absolute Gasteiger partial charge is 0.464 e. The number of hydrogen-bond donors (Lipinski definition) is 0. The van der Waals surface area contributed by atoms with Gasteiger partial charge in [0.05, 0.1) is 6.26 Å². The third-order valence-electron chi connectivity index (χ3n) is 4.62. The third-order valence-corrected chi connectivity index (χ3v) is 6.08. The summed E-state index contributed by atoms with van der Waals surface area (Å²) >= 11 is 1.82. The fraction of sp³-hybridized carbons (Fsp3) is 0.167. The summed E-state index contributed by atoms with van der Waals surface area (Å²) in [4.78, 5) is 14.4. The third kappa shape index (κ3) is 1.32. The molecule has 1 atom stereocenters. The second kappa shape index (κ2) is 4.17. The van der Waals surface area contributed by atoms with Crippen LogP contribution in [0, 0.1) is 0 Å². The lowest BCUT2D eigenvalue weighted by Crippen LogP contribution is -2.37. The molecule has 2 aliphatic heterocycles. The Morgan fingerprint density at radius 3 is 2.82 bits per heavy atom. The van der Waals surface area contributed by atoms with E-state index in [1.807, 2.05) is 59.3 Å². The van der Waals surface area contributed by atoms with Crippen molar-refractivity contribution < 1.29 is 9.21 Å². The molecule has 0 N–H and O–H groups in total. The highest BCUT2D eigenvalue weighted by atomic mass is 32.2. The zero-order valence-corrected chi connectivity index (χ0v) is 12.6. The minimum Gasteiger partial charge on any atom is -0.464 e. The van der Waals surface area contributed by atoms with Gasteiger partial charge in [-0.2, -0.15) is 0 Å². The molecule has 0 bridgehead atoms. The highest BCUT2D eigenvalue weighted by Crippen LogP contribution is 2.56. The minimum atomic E-state index is -0.430. The number of carbonyl (C=O) groups excluding carboxylic acids is 1.